The lowest BCUT2D eigenvalue weighted by Crippen LogP contribution is -2.43. The zero-order valence-electron chi connectivity index (χ0n) is 10.9. The topological polar surface area (TPSA) is 52.6 Å². The Morgan fingerprint density at radius 3 is 2.72 bits per heavy atom. The molecule has 1 aliphatic carbocycles. The van der Waals surface area contributed by atoms with E-state index in [9.17, 15) is 9.90 Å². The minimum Gasteiger partial charge on any atom is -0.390 e. The molecule has 0 saturated carbocycles. The molecule has 4 heteroatoms. The number of benzene rings is 1. The molecule has 0 heterocycles. The molecule has 0 spiro atoms. The summed E-state index contributed by atoms with van der Waals surface area (Å²) in [6.45, 7) is 5.24. The fourth-order valence-corrected chi connectivity index (χ4v) is 2.48. The summed E-state index contributed by atoms with van der Waals surface area (Å²) in [7, 11) is 0. The molecule has 98 valence electrons. The zero-order chi connectivity index (χ0) is 13.1. The molecule has 2 rings (SSSR count). The van der Waals surface area contributed by atoms with E-state index in [1.807, 2.05) is 38.1 Å². The minimum atomic E-state index is -0.526. The first-order chi connectivity index (χ1) is 8.67. The maximum Gasteiger partial charge on any atom is 0.317 e. The molecule has 2 atom stereocenters. The van der Waals surface area contributed by atoms with E-state index in [-0.39, 0.29) is 12.1 Å². The fraction of sp³-hybridized carbons (Fsp3) is 0.500. The average molecular weight is 248 g/mol. The first kappa shape index (κ1) is 12.9. The van der Waals surface area contributed by atoms with E-state index in [4.69, 9.17) is 0 Å². The number of amides is 2. The SMILES string of the molecule is CCN(CC)C(=O)NC1c2ccccc2CC1O. The number of aliphatic hydroxyl groups is 1. The highest BCUT2D eigenvalue weighted by Gasteiger charge is 2.32. The molecule has 0 radical (unpaired) electrons. The Hall–Kier alpha value is -1.55. The monoisotopic (exact) mass is 248 g/mol. The van der Waals surface area contributed by atoms with Gasteiger partial charge in [-0.3, -0.25) is 0 Å². The number of carbonyl (C=O) groups excluding carboxylic acids is 1. The first-order valence-corrected chi connectivity index (χ1v) is 6.48. The van der Waals surface area contributed by atoms with Crippen molar-refractivity contribution in [2.75, 3.05) is 13.1 Å². The molecule has 2 N–H and O–H groups in total. The van der Waals surface area contributed by atoms with Crippen LogP contribution in [0.15, 0.2) is 24.3 Å². The van der Waals surface area contributed by atoms with Gasteiger partial charge >= 0.3 is 6.03 Å². The average Bonchev–Trinajstić information content (AvgIpc) is 2.68. The van der Waals surface area contributed by atoms with Gasteiger partial charge in [0.25, 0.3) is 0 Å². The van der Waals surface area contributed by atoms with Crippen molar-refractivity contribution in [1.29, 1.82) is 0 Å². The molecule has 0 saturated heterocycles. The summed E-state index contributed by atoms with van der Waals surface area (Å²) in [6.07, 6.45) is 0.0845. The van der Waals surface area contributed by atoms with Crippen molar-refractivity contribution in [3.63, 3.8) is 0 Å². The molecule has 0 bridgehead atoms. The summed E-state index contributed by atoms with van der Waals surface area (Å²) >= 11 is 0. The van der Waals surface area contributed by atoms with Crippen LogP contribution in [0.25, 0.3) is 0 Å². The summed E-state index contributed by atoms with van der Waals surface area (Å²) in [5.74, 6) is 0. The lowest BCUT2D eigenvalue weighted by molar-refractivity contribution is 0.135. The maximum absolute atomic E-state index is 12.0. The third-order valence-corrected chi connectivity index (χ3v) is 3.53. The predicted octanol–water partition coefficient (Wildman–Crippen LogP) is 1.70. The molecular formula is C14H20N2O2. The number of hydrogen-bond donors (Lipinski definition) is 2. The standard InChI is InChI=1S/C14H20N2O2/c1-3-16(4-2)14(18)15-13-11-8-6-5-7-10(11)9-12(13)17/h5-8,12-13,17H,3-4,9H2,1-2H3,(H,15,18). The third-order valence-electron chi connectivity index (χ3n) is 3.53. The zero-order valence-corrected chi connectivity index (χ0v) is 10.9. The van der Waals surface area contributed by atoms with Gasteiger partial charge in [-0.1, -0.05) is 24.3 Å². The molecule has 4 nitrogen and oxygen atoms in total. The van der Waals surface area contributed by atoms with Crippen LogP contribution in [-0.4, -0.2) is 35.2 Å². The first-order valence-electron chi connectivity index (χ1n) is 6.48. The van der Waals surface area contributed by atoms with E-state index in [1.165, 1.54) is 0 Å². The second-order valence-electron chi connectivity index (χ2n) is 4.57. The third kappa shape index (κ3) is 2.34. The number of urea groups is 1. The largest absolute Gasteiger partial charge is 0.390 e. The molecule has 0 aliphatic heterocycles. The summed E-state index contributed by atoms with van der Waals surface area (Å²) in [4.78, 5) is 13.7. The van der Waals surface area contributed by atoms with Gasteiger partial charge in [-0.05, 0) is 25.0 Å². The van der Waals surface area contributed by atoms with Crippen molar-refractivity contribution >= 4 is 6.03 Å². The van der Waals surface area contributed by atoms with Crippen LogP contribution in [0.1, 0.15) is 31.0 Å². The van der Waals surface area contributed by atoms with Gasteiger partial charge < -0.3 is 15.3 Å². The number of nitrogens with zero attached hydrogens (tertiary/aromatic N) is 1. The van der Waals surface area contributed by atoms with Gasteiger partial charge in [0.1, 0.15) is 0 Å². The molecule has 2 amide bonds. The molecule has 0 aromatic heterocycles. The highest BCUT2D eigenvalue weighted by atomic mass is 16.3. The highest BCUT2D eigenvalue weighted by Crippen LogP contribution is 2.31. The Labute approximate surface area is 108 Å². The summed E-state index contributed by atoms with van der Waals surface area (Å²) < 4.78 is 0. The van der Waals surface area contributed by atoms with Crippen molar-refractivity contribution in [2.45, 2.75) is 32.4 Å². The summed E-state index contributed by atoms with van der Waals surface area (Å²) in [5, 5.41) is 13.0. The van der Waals surface area contributed by atoms with E-state index < -0.39 is 6.10 Å². The van der Waals surface area contributed by atoms with Gasteiger partial charge in [0, 0.05) is 19.5 Å². The van der Waals surface area contributed by atoms with E-state index >= 15 is 0 Å². The Kier molecular flexibility index (Phi) is 3.87. The van der Waals surface area contributed by atoms with Gasteiger partial charge in [-0.15, -0.1) is 0 Å². The Bertz CT molecular complexity index is 430. The highest BCUT2D eigenvalue weighted by molar-refractivity contribution is 5.75. The fourth-order valence-electron chi connectivity index (χ4n) is 2.48. The molecular weight excluding hydrogens is 228 g/mol. The lowest BCUT2D eigenvalue weighted by Gasteiger charge is -2.24. The van der Waals surface area contributed by atoms with Crippen LogP contribution < -0.4 is 5.32 Å². The molecule has 1 aromatic carbocycles. The summed E-state index contributed by atoms with van der Waals surface area (Å²) in [5.41, 5.74) is 2.15. The van der Waals surface area contributed by atoms with Crippen molar-refractivity contribution in [2.24, 2.45) is 0 Å². The van der Waals surface area contributed by atoms with Gasteiger partial charge in [-0.2, -0.15) is 0 Å². The van der Waals surface area contributed by atoms with Crippen LogP contribution in [0.3, 0.4) is 0 Å². The predicted molar refractivity (Wildman–Crippen MR) is 70.3 cm³/mol. The number of fused-ring (bicyclic) bond motifs is 1. The van der Waals surface area contributed by atoms with E-state index in [0.717, 1.165) is 11.1 Å². The number of aliphatic hydroxyl groups excluding tert-OH is 1. The Morgan fingerprint density at radius 1 is 1.39 bits per heavy atom. The van der Waals surface area contributed by atoms with Crippen molar-refractivity contribution in [3.8, 4) is 0 Å². The van der Waals surface area contributed by atoms with E-state index in [2.05, 4.69) is 5.32 Å². The van der Waals surface area contributed by atoms with Crippen molar-refractivity contribution in [3.05, 3.63) is 35.4 Å². The van der Waals surface area contributed by atoms with E-state index in [0.29, 0.717) is 19.5 Å². The van der Waals surface area contributed by atoms with Gasteiger partial charge in [0.15, 0.2) is 0 Å². The lowest BCUT2D eigenvalue weighted by atomic mass is 10.1. The van der Waals surface area contributed by atoms with Crippen LogP contribution in [0.4, 0.5) is 4.79 Å². The van der Waals surface area contributed by atoms with Crippen LogP contribution in [0, 0.1) is 0 Å². The molecule has 0 fully saturated rings. The van der Waals surface area contributed by atoms with Crippen LogP contribution in [-0.2, 0) is 6.42 Å². The second kappa shape index (κ2) is 5.40. The molecule has 2 unspecified atom stereocenters. The smallest absolute Gasteiger partial charge is 0.317 e. The molecule has 1 aliphatic rings. The van der Waals surface area contributed by atoms with Gasteiger partial charge in [0.05, 0.1) is 12.1 Å². The van der Waals surface area contributed by atoms with Crippen molar-refractivity contribution in [1.82, 2.24) is 10.2 Å². The van der Waals surface area contributed by atoms with Crippen LogP contribution in [0.2, 0.25) is 0 Å². The number of hydrogen-bond acceptors (Lipinski definition) is 2. The Balaban J connectivity index is 2.12. The summed E-state index contributed by atoms with van der Waals surface area (Å²) in [6, 6.07) is 7.48. The number of nitrogens with one attached hydrogen (secondary N) is 1. The Morgan fingerprint density at radius 2 is 2.06 bits per heavy atom. The van der Waals surface area contributed by atoms with Crippen LogP contribution in [0.5, 0.6) is 0 Å². The van der Waals surface area contributed by atoms with Gasteiger partial charge in [0.2, 0.25) is 0 Å². The van der Waals surface area contributed by atoms with Gasteiger partial charge in [-0.25, -0.2) is 4.79 Å². The molecule has 18 heavy (non-hydrogen) atoms. The van der Waals surface area contributed by atoms with Crippen molar-refractivity contribution < 1.29 is 9.90 Å². The molecule has 1 aromatic rings. The second-order valence-corrected chi connectivity index (χ2v) is 4.57. The maximum atomic E-state index is 12.0. The number of rotatable bonds is 3. The normalized spacial score (nSPS) is 21.5. The minimum absolute atomic E-state index is 0.110. The van der Waals surface area contributed by atoms with E-state index in [1.54, 1.807) is 4.90 Å². The number of carbonyl (C=O) groups is 1. The van der Waals surface area contributed by atoms with Crippen LogP contribution >= 0.6 is 0 Å². The quantitative estimate of drug-likeness (QED) is 0.855.